The number of aliphatic hydroxyl groups excluding tert-OH is 1. The predicted molar refractivity (Wildman–Crippen MR) is 112 cm³/mol. The second-order valence-corrected chi connectivity index (χ2v) is 9.41. The number of amides is 2. The highest BCUT2D eigenvalue weighted by Gasteiger charge is 2.53. The van der Waals surface area contributed by atoms with Crippen LogP contribution in [0.1, 0.15) is 59.1 Å². The third kappa shape index (κ3) is 4.63. The molecule has 2 fully saturated rings. The van der Waals surface area contributed by atoms with E-state index in [9.17, 15) is 14.7 Å². The molecule has 3 rings (SSSR count). The lowest BCUT2D eigenvalue weighted by molar-refractivity contribution is -0.143. The maximum atomic E-state index is 12.8. The van der Waals surface area contributed by atoms with Gasteiger partial charge in [0.25, 0.3) is 0 Å². The third-order valence-corrected chi connectivity index (χ3v) is 7.50. The van der Waals surface area contributed by atoms with E-state index >= 15 is 0 Å². The largest absolute Gasteiger partial charge is 0.392 e. The number of pyridine rings is 1. The summed E-state index contributed by atoms with van der Waals surface area (Å²) in [6.07, 6.45) is 4.98. The molecule has 0 saturated heterocycles. The molecule has 2 aliphatic carbocycles. The summed E-state index contributed by atoms with van der Waals surface area (Å²) in [4.78, 5) is 28.6. The topological polar surface area (TPSA) is 91.3 Å². The number of nitrogens with zero attached hydrogens (tertiary/aromatic N) is 1. The van der Waals surface area contributed by atoms with Crippen LogP contribution in [0, 0.1) is 29.1 Å². The van der Waals surface area contributed by atoms with E-state index in [0.29, 0.717) is 6.54 Å². The lowest BCUT2D eigenvalue weighted by Gasteiger charge is -2.56. The average Bonchev–Trinajstić information content (AvgIpc) is 2.68. The molecule has 0 bridgehead atoms. The fraction of sp³-hybridized carbons (Fsp3) is 0.696. The number of nitrogens with one attached hydrogen (secondary N) is 2. The van der Waals surface area contributed by atoms with Gasteiger partial charge in [0.05, 0.1) is 18.3 Å². The zero-order valence-corrected chi connectivity index (χ0v) is 18.0. The van der Waals surface area contributed by atoms with E-state index in [1.165, 1.54) is 0 Å². The Labute approximate surface area is 173 Å². The molecule has 0 radical (unpaired) electrons. The normalized spacial score (nSPS) is 35.3. The van der Waals surface area contributed by atoms with Crippen molar-refractivity contribution in [2.45, 2.75) is 72.1 Å². The highest BCUT2D eigenvalue weighted by atomic mass is 16.3. The van der Waals surface area contributed by atoms with E-state index in [1.807, 2.05) is 25.1 Å². The van der Waals surface area contributed by atoms with Gasteiger partial charge in [-0.25, -0.2) is 0 Å². The standard InChI is InChI=1S/C23H35N3O3/c1-14(22(29)25-13-17-7-5-6-12-24-17)18-8-10-23(4)11-9-19(26-16(3)27)15(2)20(23)21(18)28/h5-7,12,14-15,18-21,28H,8-11,13H2,1-4H3,(H,25,29)(H,26,27)/t14-,15+,18?,19-,20+,21-,23-/m0/s1. The molecule has 0 spiro atoms. The van der Waals surface area contributed by atoms with Gasteiger partial charge in [-0.15, -0.1) is 0 Å². The van der Waals surface area contributed by atoms with Gasteiger partial charge in [-0.1, -0.05) is 26.8 Å². The fourth-order valence-electron chi connectivity index (χ4n) is 5.79. The summed E-state index contributed by atoms with van der Waals surface area (Å²) in [6.45, 7) is 8.27. The molecule has 1 aromatic heterocycles. The third-order valence-electron chi connectivity index (χ3n) is 7.50. The first kappa shape index (κ1) is 21.8. The van der Waals surface area contributed by atoms with Crippen LogP contribution in [0.25, 0.3) is 0 Å². The van der Waals surface area contributed by atoms with Gasteiger partial charge in [-0.3, -0.25) is 14.6 Å². The van der Waals surface area contributed by atoms with Crippen LogP contribution in [0.3, 0.4) is 0 Å². The number of hydrogen-bond acceptors (Lipinski definition) is 4. The average molecular weight is 402 g/mol. The van der Waals surface area contributed by atoms with Crippen molar-refractivity contribution in [3.8, 4) is 0 Å². The van der Waals surface area contributed by atoms with Crippen LogP contribution in [-0.2, 0) is 16.1 Å². The summed E-state index contributed by atoms with van der Waals surface area (Å²) in [6, 6.07) is 5.73. The molecule has 0 aliphatic heterocycles. The molecule has 2 amide bonds. The van der Waals surface area contributed by atoms with Crippen molar-refractivity contribution in [1.82, 2.24) is 15.6 Å². The first-order chi connectivity index (χ1) is 13.7. The first-order valence-corrected chi connectivity index (χ1v) is 10.9. The van der Waals surface area contributed by atoms with E-state index in [4.69, 9.17) is 0 Å². The van der Waals surface area contributed by atoms with E-state index in [2.05, 4.69) is 29.5 Å². The number of rotatable bonds is 5. The van der Waals surface area contributed by atoms with Gasteiger partial charge in [-0.2, -0.15) is 0 Å². The summed E-state index contributed by atoms with van der Waals surface area (Å²) in [7, 11) is 0. The summed E-state index contributed by atoms with van der Waals surface area (Å²) in [5.74, 6) is -0.140. The second kappa shape index (κ2) is 8.82. The van der Waals surface area contributed by atoms with E-state index < -0.39 is 6.10 Å². The Morgan fingerprint density at radius 2 is 2.03 bits per heavy atom. The number of carbonyl (C=O) groups excluding carboxylic acids is 2. The Hall–Kier alpha value is -1.95. The zero-order chi connectivity index (χ0) is 21.2. The van der Waals surface area contributed by atoms with Crippen molar-refractivity contribution in [1.29, 1.82) is 0 Å². The molecule has 3 N–H and O–H groups in total. The van der Waals surface area contributed by atoms with Crippen molar-refractivity contribution >= 4 is 11.8 Å². The van der Waals surface area contributed by atoms with Gasteiger partial charge in [0.2, 0.25) is 11.8 Å². The Kier molecular flexibility index (Phi) is 6.62. The lowest BCUT2D eigenvalue weighted by Crippen LogP contribution is -2.58. The number of aromatic nitrogens is 1. The van der Waals surface area contributed by atoms with E-state index in [1.54, 1.807) is 13.1 Å². The fourth-order valence-corrected chi connectivity index (χ4v) is 5.79. The van der Waals surface area contributed by atoms with Crippen molar-refractivity contribution in [2.75, 3.05) is 0 Å². The molecular weight excluding hydrogens is 366 g/mol. The Morgan fingerprint density at radius 3 is 2.69 bits per heavy atom. The Morgan fingerprint density at radius 1 is 1.31 bits per heavy atom. The number of aliphatic hydroxyl groups is 1. The maximum absolute atomic E-state index is 12.8. The lowest BCUT2D eigenvalue weighted by atomic mass is 9.51. The van der Waals surface area contributed by atoms with Gasteiger partial charge in [-0.05, 0) is 61.0 Å². The van der Waals surface area contributed by atoms with Crippen molar-refractivity contribution in [2.24, 2.45) is 29.1 Å². The minimum absolute atomic E-state index is 0.0189. The van der Waals surface area contributed by atoms with Crippen LogP contribution in [0.15, 0.2) is 24.4 Å². The van der Waals surface area contributed by atoms with Crippen LogP contribution in [0.5, 0.6) is 0 Å². The smallest absolute Gasteiger partial charge is 0.223 e. The molecule has 6 heteroatoms. The Balaban J connectivity index is 1.67. The highest BCUT2D eigenvalue weighted by Crippen LogP contribution is 2.55. The van der Waals surface area contributed by atoms with E-state index in [-0.39, 0.29) is 46.9 Å². The van der Waals surface area contributed by atoms with Gasteiger partial charge in [0.15, 0.2) is 0 Å². The van der Waals surface area contributed by atoms with Crippen molar-refractivity contribution in [3.05, 3.63) is 30.1 Å². The molecule has 6 nitrogen and oxygen atoms in total. The highest BCUT2D eigenvalue weighted by molar-refractivity contribution is 5.78. The second-order valence-electron chi connectivity index (χ2n) is 9.41. The predicted octanol–water partition coefficient (Wildman–Crippen LogP) is 2.66. The van der Waals surface area contributed by atoms with Gasteiger partial charge >= 0.3 is 0 Å². The summed E-state index contributed by atoms with van der Waals surface area (Å²) in [5, 5.41) is 17.4. The van der Waals surface area contributed by atoms with Gasteiger partial charge in [0, 0.05) is 25.1 Å². The zero-order valence-electron chi connectivity index (χ0n) is 18.0. The summed E-state index contributed by atoms with van der Waals surface area (Å²) < 4.78 is 0. The number of fused-ring (bicyclic) bond motifs is 1. The first-order valence-electron chi connectivity index (χ1n) is 10.9. The maximum Gasteiger partial charge on any atom is 0.223 e. The van der Waals surface area contributed by atoms with Crippen LogP contribution < -0.4 is 10.6 Å². The van der Waals surface area contributed by atoms with Crippen LogP contribution in [0.4, 0.5) is 0 Å². The quantitative estimate of drug-likeness (QED) is 0.707. The molecule has 160 valence electrons. The minimum atomic E-state index is -0.545. The van der Waals surface area contributed by atoms with Gasteiger partial charge in [0.1, 0.15) is 0 Å². The van der Waals surface area contributed by atoms with E-state index in [0.717, 1.165) is 31.4 Å². The molecule has 1 heterocycles. The molecular formula is C23H35N3O3. The van der Waals surface area contributed by atoms with Crippen LogP contribution in [-0.4, -0.2) is 34.1 Å². The molecule has 1 aromatic rings. The molecule has 2 saturated carbocycles. The van der Waals surface area contributed by atoms with Gasteiger partial charge < -0.3 is 15.7 Å². The van der Waals surface area contributed by atoms with Crippen molar-refractivity contribution < 1.29 is 14.7 Å². The minimum Gasteiger partial charge on any atom is -0.392 e. The molecule has 2 aliphatic rings. The SMILES string of the molecule is CC(=O)N[C@H]1CC[C@]2(C)CCC([C@H](C)C(=O)NCc3ccccn3)[C@H](O)[C@H]2[C@@H]1C. The van der Waals surface area contributed by atoms with Crippen molar-refractivity contribution in [3.63, 3.8) is 0 Å². The Bertz CT molecular complexity index is 725. The molecule has 0 aromatic carbocycles. The monoisotopic (exact) mass is 401 g/mol. The number of hydrogen-bond donors (Lipinski definition) is 3. The molecule has 7 atom stereocenters. The molecule has 29 heavy (non-hydrogen) atoms. The van der Waals surface area contributed by atoms with Crippen LogP contribution in [0.2, 0.25) is 0 Å². The van der Waals surface area contributed by atoms with Crippen LogP contribution >= 0.6 is 0 Å². The summed E-state index contributed by atoms with van der Waals surface area (Å²) in [5.41, 5.74) is 0.887. The summed E-state index contributed by atoms with van der Waals surface area (Å²) >= 11 is 0. The molecule has 1 unspecified atom stereocenters. The number of carbonyl (C=O) groups is 2.